The van der Waals surface area contributed by atoms with Gasteiger partial charge in [0.25, 0.3) is 0 Å². The number of hydrogen-bond acceptors (Lipinski definition) is 3. The Morgan fingerprint density at radius 1 is 0.938 bits per heavy atom. The Balaban J connectivity index is 1.89. The molecule has 0 saturated heterocycles. The second-order valence-electron chi connectivity index (χ2n) is 8.21. The van der Waals surface area contributed by atoms with E-state index in [2.05, 4.69) is 4.98 Å². The predicted octanol–water partition coefficient (Wildman–Crippen LogP) is 6.03. The summed E-state index contributed by atoms with van der Waals surface area (Å²) >= 11 is 0. The van der Waals surface area contributed by atoms with Gasteiger partial charge in [0.15, 0.2) is 5.82 Å². The number of hydrogen-bond donors (Lipinski definition) is 1. The average molecular weight is 434 g/mol. The molecule has 32 heavy (non-hydrogen) atoms. The molecule has 3 aromatic carbocycles. The standard InChI is InChI=1S/C26H24F2N2O2/c1-16-13-18(17-7-5-8-19(14-17)32-4)11-12-22(16)30-15-23(26(2,3)31)29-25(30)24-20(27)9-6-10-21(24)28/h5-15,31H,1-4H3. The molecule has 4 aromatic rings. The number of benzene rings is 3. The number of halogens is 2. The molecule has 0 atom stereocenters. The number of ether oxygens (including phenoxy) is 1. The molecule has 0 fully saturated rings. The van der Waals surface area contributed by atoms with Crippen molar-refractivity contribution in [2.75, 3.05) is 7.11 Å². The summed E-state index contributed by atoms with van der Waals surface area (Å²) in [5.74, 6) is -0.587. The van der Waals surface area contributed by atoms with Gasteiger partial charge >= 0.3 is 0 Å². The first-order valence-corrected chi connectivity index (χ1v) is 10.2. The highest BCUT2D eigenvalue weighted by atomic mass is 19.1. The van der Waals surface area contributed by atoms with Gasteiger partial charge in [0.1, 0.15) is 23.0 Å². The third kappa shape index (κ3) is 4.01. The number of aryl methyl sites for hydroxylation is 1. The molecule has 4 nitrogen and oxygen atoms in total. The Hall–Kier alpha value is -3.51. The van der Waals surface area contributed by atoms with Crippen LogP contribution in [0.15, 0.2) is 66.9 Å². The molecule has 1 aromatic heterocycles. The fourth-order valence-electron chi connectivity index (χ4n) is 3.65. The van der Waals surface area contributed by atoms with Crippen LogP contribution in [0.5, 0.6) is 5.75 Å². The molecule has 0 aliphatic heterocycles. The van der Waals surface area contributed by atoms with Crippen molar-refractivity contribution in [1.29, 1.82) is 0 Å². The van der Waals surface area contributed by atoms with Crippen molar-refractivity contribution in [2.24, 2.45) is 0 Å². The molecule has 4 rings (SSSR count). The minimum atomic E-state index is -1.28. The van der Waals surface area contributed by atoms with Crippen LogP contribution in [-0.2, 0) is 5.60 Å². The van der Waals surface area contributed by atoms with Gasteiger partial charge < -0.3 is 9.84 Å². The first-order valence-electron chi connectivity index (χ1n) is 10.2. The van der Waals surface area contributed by atoms with Gasteiger partial charge in [0, 0.05) is 6.20 Å². The van der Waals surface area contributed by atoms with Crippen molar-refractivity contribution in [3.05, 3.63) is 89.8 Å². The summed E-state index contributed by atoms with van der Waals surface area (Å²) in [5.41, 5.74) is 2.34. The van der Waals surface area contributed by atoms with Crippen LogP contribution >= 0.6 is 0 Å². The number of rotatable bonds is 5. The highest BCUT2D eigenvalue weighted by Gasteiger charge is 2.26. The Bertz CT molecular complexity index is 1270. The molecule has 0 unspecified atom stereocenters. The lowest BCUT2D eigenvalue weighted by Gasteiger charge is -2.14. The maximum Gasteiger partial charge on any atom is 0.150 e. The molecular weight excluding hydrogens is 410 g/mol. The maximum atomic E-state index is 14.6. The van der Waals surface area contributed by atoms with Crippen LogP contribution < -0.4 is 4.74 Å². The lowest BCUT2D eigenvalue weighted by Crippen LogP contribution is -2.15. The van der Waals surface area contributed by atoms with Gasteiger partial charge in [0.05, 0.1) is 24.1 Å². The molecule has 0 aliphatic rings. The maximum absolute atomic E-state index is 14.6. The third-order valence-corrected chi connectivity index (χ3v) is 5.38. The molecule has 1 N–H and O–H groups in total. The van der Waals surface area contributed by atoms with Crippen molar-refractivity contribution in [3.63, 3.8) is 0 Å². The topological polar surface area (TPSA) is 47.3 Å². The fourth-order valence-corrected chi connectivity index (χ4v) is 3.65. The molecule has 0 spiro atoms. The lowest BCUT2D eigenvalue weighted by atomic mass is 10.0. The molecule has 0 saturated carbocycles. The third-order valence-electron chi connectivity index (χ3n) is 5.38. The monoisotopic (exact) mass is 434 g/mol. The van der Waals surface area contributed by atoms with Crippen molar-refractivity contribution in [3.8, 4) is 34.0 Å². The van der Waals surface area contributed by atoms with Gasteiger partial charge in [-0.1, -0.05) is 24.3 Å². The number of methoxy groups -OCH3 is 1. The molecule has 0 aliphatic carbocycles. The number of aromatic nitrogens is 2. The lowest BCUT2D eigenvalue weighted by molar-refractivity contribution is 0.0743. The number of imidazole rings is 1. The summed E-state index contributed by atoms with van der Waals surface area (Å²) in [6.45, 7) is 5.09. The van der Waals surface area contributed by atoms with Crippen molar-refractivity contribution in [1.82, 2.24) is 9.55 Å². The average Bonchev–Trinajstić information content (AvgIpc) is 3.19. The minimum Gasteiger partial charge on any atom is -0.497 e. The Labute approximate surface area is 185 Å². The second-order valence-corrected chi connectivity index (χ2v) is 8.21. The minimum absolute atomic E-state index is 0.0926. The van der Waals surface area contributed by atoms with Crippen molar-refractivity contribution < 1.29 is 18.6 Å². The summed E-state index contributed by atoms with van der Waals surface area (Å²) in [5, 5.41) is 10.5. The van der Waals surface area contributed by atoms with Crippen LogP contribution in [0.1, 0.15) is 25.1 Å². The highest BCUT2D eigenvalue weighted by Crippen LogP contribution is 2.33. The van der Waals surface area contributed by atoms with E-state index in [4.69, 9.17) is 4.74 Å². The Morgan fingerprint density at radius 3 is 2.22 bits per heavy atom. The van der Waals surface area contributed by atoms with Crippen molar-refractivity contribution in [2.45, 2.75) is 26.4 Å². The number of aliphatic hydroxyl groups is 1. The van der Waals surface area contributed by atoms with Gasteiger partial charge in [-0.05, 0) is 73.9 Å². The van der Waals surface area contributed by atoms with E-state index in [1.807, 2.05) is 49.4 Å². The van der Waals surface area contributed by atoms with Crippen LogP contribution in [0.4, 0.5) is 8.78 Å². The first kappa shape index (κ1) is 21.7. The Kier molecular flexibility index (Phi) is 5.57. The Morgan fingerprint density at radius 2 is 1.59 bits per heavy atom. The zero-order chi connectivity index (χ0) is 23.0. The fraction of sp³-hybridized carbons (Fsp3) is 0.192. The molecule has 164 valence electrons. The SMILES string of the molecule is COc1cccc(-c2ccc(-n3cc(C(C)(C)O)nc3-c3c(F)cccc3F)c(C)c2)c1. The highest BCUT2D eigenvalue weighted by molar-refractivity contribution is 5.69. The molecule has 0 radical (unpaired) electrons. The van der Waals surface area contributed by atoms with Gasteiger partial charge in [-0.3, -0.25) is 4.57 Å². The van der Waals surface area contributed by atoms with Gasteiger partial charge in [-0.2, -0.15) is 0 Å². The summed E-state index contributed by atoms with van der Waals surface area (Å²) < 4.78 is 36.2. The summed E-state index contributed by atoms with van der Waals surface area (Å²) in [6.07, 6.45) is 1.62. The van der Waals surface area contributed by atoms with E-state index in [9.17, 15) is 13.9 Å². The molecule has 1 heterocycles. The normalized spacial score (nSPS) is 11.6. The zero-order valence-electron chi connectivity index (χ0n) is 18.4. The molecule has 0 bridgehead atoms. The predicted molar refractivity (Wildman–Crippen MR) is 121 cm³/mol. The molecule has 6 heteroatoms. The van der Waals surface area contributed by atoms with E-state index in [0.29, 0.717) is 11.4 Å². The van der Waals surface area contributed by atoms with E-state index in [1.165, 1.54) is 18.2 Å². The van der Waals surface area contributed by atoms with Gasteiger partial charge in [0.2, 0.25) is 0 Å². The number of nitrogens with zero attached hydrogens (tertiary/aromatic N) is 2. The van der Waals surface area contributed by atoms with Gasteiger partial charge in [-0.25, -0.2) is 13.8 Å². The van der Waals surface area contributed by atoms with E-state index in [-0.39, 0.29) is 11.4 Å². The van der Waals surface area contributed by atoms with Crippen LogP contribution in [0.25, 0.3) is 28.2 Å². The second kappa shape index (κ2) is 8.20. The van der Waals surface area contributed by atoms with Crippen LogP contribution in [0, 0.1) is 18.6 Å². The zero-order valence-corrected chi connectivity index (χ0v) is 18.4. The van der Waals surface area contributed by atoms with Crippen molar-refractivity contribution >= 4 is 0 Å². The largest absolute Gasteiger partial charge is 0.497 e. The van der Waals surface area contributed by atoms with Crippen LogP contribution in [-0.4, -0.2) is 21.8 Å². The van der Waals surface area contributed by atoms with Gasteiger partial charge in [-0.15, -0.1) is 0 Å². The van der Waals surface area contributed by atoms with E-state index in [1.54, 1.807) is 31.7 Å². The molecule has 0 amide bonds. The van der Waals surface area contributed by atoms with Crippen LogP contribution in [0.2, 0.25) is 0 Å². The van der Waals surface area contributed by atoms with Crippen LogP contribution in [0.3, 0.4) is 0 Å². The summed E-state index contributed by atoms with van der Waals surface area (Å²) in [4.78, 5) is 4.41. The van der Waals surface area contributed by atoms with E-state index < -0.39 is 17.2 Å². The first-order chi connectivity index (χ1) is 15.2. The quantitative estimate of drug-likeness (QED) is 0.417. The summed E-state index contributed by atoms with van der Waals surface area (Å²) in [6, 6.07) is 17.2. The molecular formula is C26H24F2N2O2. The smallest absolute Gasteiger partial charge is 0.150 e. The van der Waals surface area contributed by atoms with E-state index >= 15 is 0 Å². The van der Waals surface area contributed by atoms with E-state index in [0.717, 1.165) is 22.4 Å². The summed E-state index contributed by atoms with van der Waals surface area (Å²) in [7, 11) is 1.62.